The van der Waals surface area contributed by atoms with Crippen molar-refractivity contribution < 1.29 is 137 Å². The number of unbranched alkanes of at least 4 members (excludes halogenated alkanes) is 2. The first kappa shape index (κ1) is 98.2. The molecular weight excluding hydrogens is 1730 g/mol. The van der Waals surface area contributed by atoms with Crippen molar-refractivity contribution in [1.29, 1.82) is 0 Å². The van der Waals surface area contributed by atoms with Crippen molar-refractivity contribution in [3.05, 3.63) is 251 Å². The Kier molecular flexibility index (Phi) is 34.8. The summed E-state index contributed by atoms with van der Waals surface area (Å²) in [7, 11) is -2.91. The van der Waals surface area contributed by atoms with E-state index in [1.165, 1.54) is 13.8 Å². The van der Waals surface area contributed by atoms with Gasteiger partial charge in [0.25, 0.3) is 5.79 Å². The largest absolute Gasteiger partial charge is 0.462 e. The predicted octanol–water partition coefficient (Wildman–Crippen LogP) is 14.2. The molecule has 32 heteroatoms. The molecule has 7 fully saturated rings. The maximum absolute atomic E-state index is 15.7. The number of alkyl halides is 1. The molecule has 7 saturated heterocycles. The van der Waals surface area contributed by atoms with Gasteiger partial charge in [0, 0.05) is 37.4 Å². The minimum atomic E-state index is -2.91. The molecule has 7 aromatic rings. The van der Waals surface area contributed by atoms with Crippen LogP contribution in [-0.4, -0.2) is 218 Å². The number of rotatable bonds is 40. The van der Waals surface area contributed by atoms with Gasteiger partial charge in [-0.3, -0.25) is 14.4 Å². The normalized spacial score (nSPS) is 29.4. The second kappa shape index (κ2) is 46.4. The summed E-state index contributed by atoms with van der Waals surface area (Å²) in [6.07, 6.45) is -29.0. The van der Waals surface area contributed by atoms with Crippen LogP contribution in [0.4, 0.5) is 4.79 Å². The summed E-state index contributed by atoms with van der Waals surface area (Å²) in [6.45, 7) is 15.1. The van der Waals surface area contributed by atoms with Gasteiger partial charge in [0.2, 0.25) is 0 Å². The van der Waals surface area contributed by atoms with Gasteiger partial charge in [0.05, 0.1) is 58.8 Å². The fourth-order valence-corrected chi connectivity index (χ4v) is 17.8. The van der Waals surface area contributed by atoms with Gasteiger partial charge in [-0.15, -0.1) is 11.6 Å². The smallest absolute Gasteiger partial charge is 0.407 e. The van der Waals surface area contributed by atoms with E-state index in [2.05, 4.69) is 39.2 Å². The zero-order chi connectivity index (χ0) is 92.1. The molecule has 7 aliphatic rings. The van der Waals surface area contributed by atoms with E-state index in [4.69, 9.17) is 120 Å². The first-order chi connectivity index (χ1) is 63.2. The minimum Gasteiger partial charge on any atom is -0.462 e. The van der Waals surface area contributed by atoms with Crippen LogP contribution < -0.4 is 5.32 Å². The Morgan fingerprint density at radius 2 is 0.947 bits per heavy atom. The molecule has 0 aliphatic carbocycles. The zero-order valence-electron chi connectivity index (χ0n) is 75.3. The van der Waals surface area contributed by atoms with Crippen LogP contribution in [0.15, 0.2) is 212 Å². The third-order valence-electron chi connectivity index (χ3n) is 24.1. The second-order valence-corrected chi connectivity index (χ2v) is 40.4. The van der Waals surface area contributed by atoms with Crippen LogP contribution in [0.3, 0.4) is 0 Å². The number of hydrogen-bond donors (Lipinski definition) is 1. The number of alkyl carbamates (subject to hydrolysis) is 1. The molecule has 0 bridgehead atoms. The average Bonchev–Trinajstić information content (AvgIpc) is 1.50. The fourth-order valence-electron chi connectivity index (χ4n) is 16.4. The van der Waals surface area contributed by atoms with Crippen molar-refractivity contribution in [2.75, 3.05) is 45.5 Å². The van der Waals surface area contributed by atoms with Crippen LogP contribution in [0.1, 0.15) is 139 Å². The van der Waals surface area contributed by atoms with Crippen molar-refractivity contribution in [2.45, 2.75) is 279 Å². The summed E-state index contributed by atoms with van der Waals surface area (Å²) in [5.41, 5.74) is 4.90. The molecule has 706 valence electrons. The third-order valence-corrected chi connectivity index (χ3v) is 28.8. The van der Waals surface area contributed by atoms with Crippen LogP contribution in [0, 0.1) is 0 Å². The van der Waals surface area contributed by atoms with Gasteiger partial charge >= 0.3 is 30.0 Å². The number of carbonyl (C=O) groups is 6. The number of hydrogen-bond acceptors (Lipinski definition) is 29. The average molecular weight is 1850 g/mol. The number of nitrogens with one attached hydrogen (secondary N) is 1. The number of fused-ring (bicyclic) bond motifs is 2. The van der Waals surface area contributed by atoms with Crippen molar-refractivity contribution in [2.24, 2.45) is 0 Å². The Bertz CT molecular complexity index is 4750. The maximum Gasteiger partial charge on any atom is 0.407 e. The summed E-state index contributed by atoms with van der Waals surface area (Å²) in [5, 5.41) is 2.41. The number of carbonyl (C=O) groups excluding carboxylic acids is 6. The molecule has 7 aliphatic heterocycles. The predicted molar refractivity (Wildman–Crippen MR) is 473 cm³/mol. The summed E-state index contributed by atoms with van der Waals surface area (Å²) in [6, 6.07) is 64.9. The maximum atomic E-state index is 15.7. The molecule has 0 aromatic heterocycles. The summed E-state index contributed by atoms with van der Waals surface area (Å²) in [5.74, 6) is -7.86. The van der Waals surface area contributed by atoms with Crippen molar-refractivity contribution in [3.63, 3.8) is 0 Å². The lowest BCUT2D eigenvalue weighted by atomic mass is 9.91. The van der Waals surface area contributed by atoms with Gasteiger partial charge in [-0.05, 0) is 86.0 Å². The highest BCUT2D eigenvalue weighted by atomic mass is 35.5. The zero-order valence-corrected chi connectivity index (χ0v) is 77.0. The monoisotopic (exact) mass is 1850 g/mol. The molecule has 4 unspecified atom stereocenters. The second-order valence-electron chi connectivity index (χ2n) is 35.4. The molecule has 30 nitrogen and oxygen atoms in total. The lowest BCUT2D eigenvalue weighted by molar-refractivity contribution is -0.417. The standard InChI is InChI=1S/C99H120ClNO29Si/c1-63(102)48-49-77(104)122-88-85(127-92-87(111-56-67-38-22-12-23-39-67)84(110-55-66-36-20-11-21-37-66)80(73(119-92)59-109-78(105)53-100)126-94-89(118-64(2)103)86(130-131(8,9)97(3,4)5)82-75(121-94)61-113-91(124-82)71-46-30-16-31-47-71)81-74(60-112-90(123-81)70-44-28-15-29-45-70)120-93(88)125-79-72(108-54-65-34-18-10-19-35-65)52-99(95(106)114-57-68-40-24-13-25-41-68,129-83(79)76-62-117-98(6,7)128-76)116-51-33-17-32-50-101-96(107)115-58-69-42-26-14-27-43-69/h10-16,18-31,34-47,72-76,79-94H,17,32-33,48-62H2,1-9H3,(H,101,107)/t72-,73-,74-,75-,76?,79+,80+,81+,82+,83-,84+,85+,86+,87-,88-,89-,90?,91?,92?,93+,94-,99+/m1/s1. The molecule has 131 heavy (non-hydrogen) atoms. The molecule has 14 rings (SSSR count). The summed E-state index contributed by atoms with van der Waals surface area (Å²) < 4.78 is 160. The van der Waals surface area contributed by atoms with Crippen molar-refractivity contribution >= 4 is 55.7 Å². The molecule has 0 radical (unpaired) electrons. The first-order valence-corrected chi connectivity index (χ1v) is 48.3. The van der Waals surface area contributed by atoms with Crippen LogP contribution >= 0.6 is 11.6 Å². The number of amides is 1. The van der Waals surface area contributed by atoms with Gasteiger partial charge in [0.1, 0.15) is 111 Å². The number of benzene rings is 7. The Morgan fingerprint density at radius 1 is 0.466 bits per heavy atom. The highest BCUT2D eigenvalue weighted by molar-refractivity contribution is 6.74. The fraction of sp³-hybridized carbons (Fsp3) is 0.515. The Labute approximate surface area is 769 Å². The topological polar surface area (TPSA) is 327 Å². The minimum absolute atomic E-state index is 0.0514. The van der Waals surface area contributed by atoms with E-state index >= 15 is 9.59 Å². The third kappa shape index (κ3) is 26.6. The Morgan fingerprint density at radius 3 is 1.46 bits per heavy atom. The van der Waals surface area contributed by atoms with E-state index in [-0.39, 0.29) is 78.2 Å². The summed E-state index contributed by atoms with van der Waals surface area (Å²) in [4.78, 5) is 84.8. The Hall–Kier alpha value is -8.85. The van der Waals surface area contributed by atoms with Crippen LogP contribution in [0.5, 0.6) is 0 Å². The van der Waals surface area contributed by atoms with Crippen molar-refractivity contribution in [1.82, 2.24) is 5.32 Å². The van der Waals surface area contributed by atoms with Crippen molar-refractivity contribution in [3.8, 4) is 0 Å². The molecule has 7 aromatic carbocycles. The lowest BCUT2D eigenvalue weighted by Gasteiger charge is -2.54. The molecule has 0 spiro atoms. The van der Waals surface area contributed by atoms with Crippen LogP contribution in [0.25, 0.3) is 0 Å². The Balaban J connectivity index is 0.872. The van der Waals surface area contributed by atoms with Gasteiger partial charge in [-0.25, -0.2) is 9.59 Å². The van der Waals surface area contributed by atoms with Gasteiger partial charge in [0.15, 0.2) is 57.8 Å². The summed E-state index contributed by atoms with van der Waals surface area (Å²) >= 11 is 6.32. The highest BCUT2D eigenvalue weighted by Crippen LogP contribution is 2.48. The first-order valence-electron chi connectivity index (χ1n) is 44.8. The number of esters is 4. The SMILES string of the molecule is CC(=O)CCC(=O)O[C@H]1[C@H](O[C@@H]2[C@@H](C3COC(C)(C)O3)O[C@](OCCCCCNC(=O)OCc3ccccc3)(C(=O)OCc3ccccc3)C[C@H]2OCc2ccccc2)O[C@@H]2COC(c3ccccc3)O[C@@H]2[C@@H]1OC1O[C@H](COC(=O)CCl)[C@H](O[C@H]2O[C@@H]3COC(c4ccccc4)O[C@@H]3[C@H](O[Si](C)(C)C(C)(C)C)[C@H]2OC(C)=O)[C@H](OCc2ccccc2)[C@H]1OCc1ccccc1. The van der Waals surface area contributed by atoms with E-state index in [1.807, 2.05) is 212 Å². The molecular formula is C99H120ClNO29Si. The van der Waals surface area contributed by atoms with E-state index in [0.29, 0.717) is 41.5 Å². The molecule has 0 saturated carbocycles. The van der Waals surface area contributed by atoms with Crippen LogP contribution in [0.2, 0.25) is 18.1 Å². The number of Topliss-reactive ketones (excluding diaryl/α,β-unsaturated/α-hetero) is 1. The molecule has 22 atom stereocenters. The number of ether oxygens (including phenoxy) is 22. The van der Waals surface area contributed by atoms with E-state index in [0.717, 1.165) is 16.7 Å². The van der Waals surface area contributed by atoms with Gasteiger partial charge in [-0.2, -0.15) is 0 Å². The van der Waals surface area contributed by atoms with Gasteiger partial charge < -0.3 is 119 Å². The number of ketones is 1. The van der Waals surface area contributed by atoms with E-state index in [9.17, 15) is 19.2 Å². The lowest BCUT2D eigenvalue weighted by Crippen LogP contribution is -2.70. The van der Waals surface area contributed by atoms with E-state index in [1.54, 1.807) is 13.8 Å². The quantitative estimate of drug-likeness (QED) is 0.0123. The van der Waals surface area contributed by atoms with E-state index < -0.39 is 209 Å². The van der Waals surface area contributed by atoms with Gasteiger partial charge in [-0.1, -0.05) is 233 Å². The van der Waals surface area contributed by atoms with Crippen LogP contribution in [-0.2, 0) is 166 Å². The number of halogens is 1. The highest BCUT2D eigenvalue weighted by Gasteiger charge is 2.64. The molecule has 7 heterocycles. The molecule has 1 N–H and O–H groups in total. The molecule has 1 amide bonds.